The Bertz CT molecular complexity index is 830. The largest absolute Gasteiger partial charge is 0.288 e. The third-order valence-corrected chi connectivity index (χ3v) is 6.76. The number of nitrogens with zero attached hydrogens (tertiary/aromatic N) is 1. The van der Waals surface area contributed by atoms with Gasteiger partial charge in [-0.3, -0.25) is 4.57 Å². The lowest BCUT2D eigenvalue weighted by Gasteiger charge is -2.16. The Hall–Kier alpha value is -2.44. The van der Waals surface area contributed by atoms with Gasteiger partial charge in [-0.1, -0.05) is 66.7 Å². The van der Waals surface area contributed by atoms with Crippen LogP contribution in [-0.2, 0) is 11.0 Å². The molecule has 3 rings (SSSR count). The van der Waals surface area contributed by atoms with Crippen LogP contribution in [0.1, 0.15) is 18.9 Å². The van der Waals surface area contributed by atoms with Crippen LogP contribution in [0, 0.1) is 0 Å². The van der Waals surface area contributed by atoms with Gasteiger partial charge < -0.3 is 0 Å². The third-order valence-electron chi connectivity index (χ3n) is 4.14. The van der Waals surface area contributed by atoms with Crippen LogP contribution in [0.3, 0.4) is 0 Å². The number of aryl methyl sites for hydroxylation is 1. The Morgan fingerprint density at radius 1 is 0.760 bits per heavy atom. The first kappa shape index (κ1) is 17.4. The van der Waals surface area contributed by atoms with E-state index in [1.54, 1.807) is 0 Å². The average molecular weight is 347 g/mol. The molecule has 25 heavy (non-hydrogen) atoms. The summed E-state index contributed by atoms with van der Waals surface area (Å²) in [6.45, 7) is 1.97. The maximum absolute atomic E-state index is 13.9. The second kappa shape index (κ2) is 8.09. The maximum Gasteiger partial charge on any atom is 0.247 e. The standard InChI is InChI=1S/C22H22NOP/c1-19(17-18-20-11-5-2-6-12-20)23-25(24,21-13-7-3-8-14-21)22-15-9-4-10-16-22/h2-16H,17-18H2,1H3/b23-19+. The van der Waals surface area contributed by atoms with Gasteiger partial charge in [-0.05, 0) is 49.6 Å². The van der Waals surface area contributed by atoms with Crippen molar-refractivity contribution in [2.24, 2.45) is 4.76 Å². The van der Waals surface area contributed by atoms with Gasteiger partial charge in [0.15, 0.2) is 0 Å². The van der Waals surface area contributed by atoms with E-state index in [9.17, 15) is 4.57 Å². The molecule has 3 aromatic rings. The summed E-state index contributed by atoms with van der Waals surface area (Å²) >= 11 is 0. The van der Waals surface area contributed by atoms with E-state index in [0.29, 0.717) is 0 Å². The first-order valence-electron chi connectivity index (χ1n) is 8.49. The molecule has 0 aromatic heterocycles. The van der Waals surface area contributed by atoms with Crippen LogP contribution >= 0.6 is 7.29 Å². The molecule has 3 heteroatoms. The first-order chi connectivity index (χ1) is 12.2. The normalized spacial score (nSPS) is 12.1. The van der Waals surface area contributed by atoms with Crippen LogP contribution in [0.2, 0.25) is 0 Å². The summed E-state index contributed by atoms with van der Waals surface area (Å²) in [5.74, 6) is 0. The fraction of sp³-hybridized carbons (Fsp3) is 0.136. The zero-order chi connectivity index (χ0) is 17.5. The van der Waals surface area contributed by atoms with Crippen LogP contribution < -0.4 is 10.6 Å². The molecular weight excluding hydrogens is 325 g/mol. The van der Waals surface area contributed by atoms with Crippen LogP contribution in [-0.4, -0.2) is 5.71 Å². The fourth-order valence-corrected chi connectivity index (χ4v) is 5.05. The van der Waals surface area contributed by atoms with Gasteiger partial charge in [-0.25, -0.2) is 4.76 Å². The van der Waals surface area contributed by atoms with Crippen molar-refractivity contribution in [2.75, 3.05) is 0 Å². The average Bonchev–Trinajstić information content (AvgIpc) is 2.68. The highest BCUT2D eigenvalue weighted by Gasteiger charge is 2.26. The van der Waals surface area contributed by atoms with Crippen molar-refractivity contribution in [2.45, 2.75) is 19.8 Å². The van der Waals surface area contributed by atoms with E-state index in [-0.39, 0.29) is 0 Å². The summed E-state index contributed by atoms with van der Waals surface area (Å²) in [4.78, 5) is 0. The van der Waals surface area contributed by atoms with Gasteiger partial charge in [-0.2, -0.15) is 0 Å². The highest BCUT2D eigenvalue weighted by atomic mass is 31.2. The molecule has 0 saturated heterocycles. The molecule has 2 nitrogen and oxygen atoms in total. The second-order valence-electron chi connectivity index (χ2n) is 6.07. The van der Waals surface area contributed by atoms with Crippen molar-refractivity contribution < 1.29 is 4.57 Å². The van der Waals surface area contributed by atoms with Gasteiger partial charge in [0.2, 0.25) is 7.29 Å². The number of rotatable bonds is 6. The molecular formula is C22H22NOP. The predicted octanol–water partition coefficient (Wildman–Crippen LogP) is 5.01. The Morgan fingerprint density at radius 3 is 1.68 bits per heavy atom. The lowest BCUT2D eigenvalue weighted by atomic mass is 10.1. The minimum atomic E-state index is -3.01. The van der Waals surface area contributed by atoms with E-state index in [1.165, 1.54) is 5.56 Å². The monoisotopic (exact) mass is 347 g/mol. The Labute approximate surface area is 149 Å². The number of hydrogen-bond donors (Lipinski definition) is 0. The van der Waals surface area contributed by atoms with Gasteiger partial charge in [0, 0.05) is 16.3 Å². The summed E-state index contributed by atoms with van der Waals surface area (Å²) in [6, 6.07) is 29.5. The van der Waals surface area contributed by atoms with Gasteiger partial charge >= 0.3 is 0 Å². The summed E-state index contributed by atoms with van der Waals surface area (Å²) in [5, 5.41) is 1.56. The minimum Gasteiger partial charge on any atom is -0.288 e. The lowest BCUT2D eigenvalue weighted by molar-refractivity contribution is 0.588. The summed E-state index contributed by atoms with van der Waals surface area (Å²) in [5.41, 5.74) is 2.19. The number of hydrogen-bond acceptors (Lipinski definition) is 1. The Morgan fingerprint density at radius 2 is 1.20 bits per heavy atom. The highest BCUT2D eigenvalue weighted by Crippen LogP contribution is 2.45. The molecule has 3 aromatic carbocycles. The third kappa shape index (κ3) is 4.35. The summed E-state index contributed by atoms with van der Waals surface area (Å²) < 4.78 is 18.6. The Balaban J connectivity index is 1.91. The molecule has 0 fully saturated rings. The molecule has 126 valence electrons. The van der Waals surface area contributed by atoms with Crippen molar-refractivity contribution in [3.05, 3.63) is 96.6 Å². The van der Waals surface area contributed by atoms with Gasteiger partial charge in [0.05, 0.1) is 0 Å². The molecule has 0 N–H and O–H groups in total. The van der Waals surface area contributed by atoms with Gasteiger partial charge in [0.25, 0.3) is 0 Å². The smallest absolute Gasteiger partial charge is 0.247 e. The van der Waals surface area contributed by atoms with Crippen molar-refractivity contribution >= 4 is 23.6 Å². The molecule has 0 aliphatic rings. The molecule has 0 spiro atoms. The fourth-order valence-electron chi connectivity index (χ4n) is 2.78. The molecule has 0 unspecified atom stereocenters. The van der Waals surface area contributed by atoms with Crippen molar-refractivity contribution in [1.29, 1.82) is 0 Å². The molecule has 0 atom stereocenters. The SMILES string of the molecule is C/C(CCc1ccccc1)=N\P(=O)(c1ccccc1)c1ccccc1. The molecule has 0 aliphatic carbocycles. The number of benzene rings is 3. The first-order valence-corrected chi connectivity index (χ1v) is 10.2. The van der Waals surface area contributed by atoms with E-state index >= 15 is 0 Å². The van der Waals surface area contributed by atoms with Crippen molar-refractivity contribution in [3.8, 4) is 0 Å². The quantitative estimate of drug-likeness (QED) is 0.455. The molecule has 0 heterocycles. The maximum atomic E-state index is 13.9. The van der Waals surface area contributed by atoms with E-state index in [0.717, 1.165) is 29.2 Å². The zero-order valence-electron chi connectivity index (χ0n) is 14.4. The van der Waals surface area contributed by atoms with Crippen molar-refractivity contribution in [1.82, 2.24) is 0 Å². The topological polar surface area (TPSA) is 29.4 Å². The van der Waals surface area contributed by atoms with Crippen LogP contribution in [0.4, 0.5) is 0 Å². The van der Waals surface area contributed by atoms with Crippen LogP contribution in [0.25, 0.3) is 0 Å². The van der Waals surface area contributed by atoms with E-state index in [4.69, 9.17) is 4.76 Å². The highest BCUT2D eigenvalue weighted by molar-refractivity contribution is 7.77. The van der Waals surface area contributed by atoms with Gasteiger partial charge in [0.1, 0.15) is 0 Å². The summed E-state index contributed by atoms with van der Waals surface area (Å²) in [7, 11) is -3.01. The molecule has 0 saturated carbocycles. The summed E-state index contributed by atoms with van der Waals surface area (Å²) in [6.07, 6.45) is 1.70. The Kier molecular flexibility index (Phi) is 5.63. The van der Waals surface area contributed by atoms with E-state index in [1.807, 2.05) is 85.8 Å². The molecule has 0 aliphatic heterocycles. The predicted molar refractivity (Wildman–Crippen MR) is 108 cm³/mol. The van der Waals surface area contributed by atoms with Crippen LogP contribution in [0.15, 0.2) is 95.8 Å². The lowest BCUT2D eigenvalue weighted by Crippen LogP contribution is -2.15. The van der Waals surface area contributed by atoms with Gasteiger partial charge in [-0.15, -0.1) is 0 Å². The van der Waals surface area contributed by atoms with E-state index in [2.05, 4.69) is 12.1 Å². The zero-order valence-corrected chi connectivity index (χ0v) is 15.3. The molecule has 0 radical (unpaired) electrons. The minimum absolute atomic E-state index is 0.778. The van der Waals surface area contributed by atoms with Crippen LogP contribution in [0.5, 0.6) is 0 Å². The molecule has 0 bridgehead atoms. The second-order valence-corrected chi connectivity index (χ2v) is 8.45. The van der Waals surface area contributed by atoms with Crippen molar-refractivity contribution in [3.63, 3.8) is 0 Å². The molecule has 0 amide bonds. The van der Waals surface area contributed by atoms with E-state index < -0.39 is 7.29 Å².